The van der Waals surface area contributed by atoms with E-state index in [1.807, 2.05) is 60.8 Å². The zero-order valence-corrected chi connectivity index (χ0v) is 36.4. The van der Waals surface area contributed by atoms with Gasteiger partial charge in [0, 0.05) is 60.6 Å². The first-order valence-corrected chi connectivity index (χ1v) is 23.3. The summed E-state index contributed by atoms with van der Waals surface area (Å²) in [6.07, 6.45) is 6.01. The number of aromatic amines is 1. The number of nitrogens with one attached hydrogen (secondary N) is 1. The lowest BCUT2D eigenvalue weighted by molar-refractivity contribution is -0.384. The van der Waals surface area contributed by atoms with E-state index in [0.29, 0.717) is 27.9 Å². The first-order chi connectivity index (χ1) is 31.5. The topological polar surface area (TPSA) is 97.6 Å². The fourth-order valence-corrected chi connectivity index (χ4v) is 10.3. The maximum Gasteiger partial charge on any atom is 0.277 e. The lowest BCUT2D eigenvalue weighted by Crippen LogP contribution is -2.00. The molecule has 0 aliphatic heterocycles. The molecule has 0 atom stereocenters. The van der Waals surface area contributed by atoms with Crippen LogP contribution in [0.5, 0.6) is 0 Å². The summed E-state index contributed by atoms with van der Waals surface area (Å²) in [4.78, 5) is 33.8. The van der Waals surface area contributed by atoms with Crippen molar-refractivity contribution in [3.05, 3.63) is 192 Å². The van der Waals surface area contributed by atoms with Crippen LogP contribution < -0.4 is 0 Å². The minimum absolute atomic E-state index is 0.00977. The molecule has 11 aromatic rings. The predicted octanol–water partition coefficient (Wildman–Crippen LogP) is 15.2. The van der Waals surface area contributed by atoms with Crippen molar-refractivity contribution in [1.29, 1.82) is 0 Å². The van der Waals surface area contributed by atoms with Gasteiger partial charge in [0.25, 0.3) is 5.69 Å². The van der Waals surface area contributed by atoms with E-state index in [1.165, 1.54) is 10.5 Å². The molecule has 9 heteroatoms. The van der Waals surface area contributed by atoms with Gasteiger partial charge in [-0.1, -0.05) is 121 Å². The molecule has 0 radical (unpaired) electrons. The van der Waals surface area contributed by atoms with E-state index < -0.39 is 0 Å². The number of hydrogen-bond acceptors (Lipinski definition) is 7. The second kappa shape index (κ2) is 16.3. The molecule has 0 aliphatic carbocycles. The predicted molar refractivity (Wildman–Crippen MR) is 267 cm³/mol. The number of nitro groups is 1. The molecular weight excluding hydrogens is 827 g/mol. The van der Waals surface area contributed by atoms with Crippen LogP contribution in [-0.2, 0) is 0 Å². The Balaban J connectivity index is 1.17. The SMILES string of the molecule is CSc1ccccc1-c1cc2[nH]c3ncccc3c2c2ccc(-c3cccc(-c4nc5c(-c6ccccc6[N+](=O)[O-])ccc(-c6ccccc6SC)c5nc4-c4ccccc4)c3)cc12. The van der Waals surface area contributed by atoms with Gasteiger partial charge < -0.3 is 4.98 Å². The summed E-state index contributed by atoms with van der Waals surface area (Å²) in [5.74, 6) is 0. The highest BCUT2D eigenvalue weighted by molar-refractivity contribution is 7.99. The van der Waals surface area contributed by atoms with Crippen LogP contribution in [-0.4, -0.2) is 37.4 Å². The van der Waals surface area contributed by atoms with E-state index in [-0.39, 0.29) is 10.6 Å². The lowest BCUT2D eigenvalue weighted by Gasteiger charge is -2.17. The minimum Gasteiger partial charge on any atom is -0.339 e. The Morgan fingerprint density at radius 2 is 1.08 bits per heavy atom. The lowest BCUT2D eigenvalue weighted by atomic mass is 9.91. The molecule has 3 heterocycles. The highest BCUT2D eigenvalue weighted by Gasteiger charge is 2.24. The van der Waals surface area contributed by atoms with Crippen LogP contribution >= 0.6 is 23.5 Å². The first kappa shape index (κ1) is 39.3. The largest absolute Gasteiger partial charge is 0.339 e. The van der Waals surface area contributed by atoms with Gasteiger partial charge in [-0.05, 0) is 99.6 Å². The minimum atomic E-state index is -0.330. The third-order valence-corrected chi connectivity index (χ3v) is 13.6. The second-order valence-corrected chi connectivity index (χ2v) is 17.2. The summed E-state index contributed by atoms with van der Waals surface area (Å²) in [5.41, 5.74) is 13.8. The van der Waals surface area contributed by atoms with Gasteiger partial charge in [0.15, 0.2) is 0 Å². The van der Waals surface area contributed by atoms with Crippen molar-refractivity contribution >= 4 is 73.0 Å². The van der Waals surface area contributed by atoms with Crippen LogP contribution in [0.4, 0.5) is 5.69 Å². The molecule has 0 saturated carbocycles. The molecule has 0 bridgehead atoms. The summed E-state index contributed by atoms with van der Waals surface area (Å²) >= 11 is 3.41. The van der Waals surface area contributed by atoms with Crippen molar-refractivity contribution in [3.63, 3.8) is 0 Å². The Morgan fingerprint density at radius 3 is 1.80 bits per heavy atom. The molecule has 0 saturated heterocycles. The zero-order chi connectivity index (χ0) is 43.3. The molecule has 64 heavy (non-hydrogen) atoms. The molecule has 0 aliphatic rings. The molecule has 306 valence electrons. The highest BCUT2D eigenvalue weighted by atomic mass is 32.2. The van der Waals surface area contributed by atoms with Crippen LogP contribution in [0.2, 0.25) is 0 Å². The zero-order valence-electron chi connectivity index (χ0n) is 34.7. The van der Waals surface area contributed by atoms with E-state index in [1.54, 1.807) is 41.7 Å². The van der Waals surface area contributed by atoms with Crippen LogP contribution in [0, 0.1) is 10.1 Å². The number of nitrogens with zero attached hydrogens (tertiary/aromatic N) is 4. The van der Waals surface area contributed by atoms with Crippen LogP contribution in [0.3, 0.4) is 0 Å². The number of nitro benzene ring substituents is 1. The number of pyridine rings is 1. The van der Waals surface area contributed by atoms with Gasteiger partial charge >= 0.3 is 0 Å². The first-order valence-electron chi connectivity index (χ1n) is 20.8. The number of para-hydroxylation sites is 1. The van der Waals surface area contributed by atoms with Crippen molar-refractivity contribution in [2.45, 2.75) is 9.79 Å². The third kappa shape index (κ3) is 6.68. The van der Waals surface area contributed by atoms with Crippen molar-refractivity contribution in [1.82, 2.24) is 19.9 Å². The number of thioether (sulfide) groups is 2. The van der Waals surface area contributed by atoms with Gasteiger partial charge in [0.1, 0.15) is 5.65 Å². The number of hydrogen-bond donors (Lipinski definition) is 1. The van der Waals surface area contributed by atoms with E-state index in [4.69, 9.17) is 9.97 Å². The Morgan fingerprint density at radius 1 is 0.484 bits per heavy atom. The number of benzene rings is 8. The number of fused-ring (bicyclic) bond motifs is 6. The Kier molecular flexibility index (Phi) is 9.98. The second-order valence-electron chi connectivity index (χ2n) is 15.5. The molecular formula is C55H37N5O2S2. The van der Waals surface area contributed by atoms with Gasteiger partial charge in [-0.2, -0.15) is 0 Å². The van der Waals surface area contributed by atoms with Gasteiger partial charge in [-0.3, -0.25) is 10.1 Å². The molecule has 8 aromatic carbocycles. The van der Waals surface area contributed by atoms with Crippen LogP contribution in [0.15, 0.2) is 192 Å². The molecule has 3 aromatic heterocycles. The number of H-pyrrole nitrogens is 1. The van der Waals surface area contributed by atoms with Gasteiger partial charge in [0.05, 0.1) is 32.9 Å². The van der Waals surface area contributed by atoms with Crippen LogP contribution in [0.25, 0.3) is 111 Å². The quantitative estimate of drug-likeness (QED) is 0.0877. The monoisotopic (exact) mass is 863 g/mol. The normalized spacial score (nSPS) is 11.5. The fourth-order valence-electron chi connectivity index (χ4n) is 9.06. The van der Waals surface area contributed by atoms with Crippen molar-refractivity contribution < 1.29 is 4.92 Å². The summed E-state index contributed by atoms with van der Waals surface area (Å²) in [5, 5.41) is 17.0. The molecule has 0 unspecified atom stereocenters. The van der Waals surface area contributed by atoms with Crippen molar-refractivity contribution in [3.8, 4) is 67.0 Å². The summed E-state index contributed by atoms with van der Waals surface area (Å²) in [7, 11) is 0. The van der Waals surface area contributed by atoms with E-state index in [2.05, 4.69) is 126 Å². The van der Waals surface area contributed by atoms with Crippen LogP contribution in [0.1, 0.15) is 0 Å². The highest BCUT2D eigenvalue weighted by Crippen LogP contribution is 2.45. The summed E-state index contributed by atoms with van der Waals surface area (Å²) < 4.78 is 0. The maximum atomic E-state index is 12.5. The van der Waals surface area contributed by atoms with E-state index in [9.17, 15) is 10.1 Å². The molecule has 0 fully saturated rings. The molecule has 1 N–H and O–H groups in total. The van der Waals surface area contributed by atoms with Gasteiger partial charge in [-0.15, -0.1) is 23.5 Å². The standard InChI is InChI=1S/C55H37N5O2S2/c1-63-48-23-10-7-19-38(48)42-28-27-41(37-18-6-9-22-47(37)60(61)62)53-54(42)58-51(33-14-4-3-5-15-33)52(59-53)36-17-12-16-34(30-36)35-25-26-40-44(31-35)45(39-20-8-11-24-49(39)64-2)32-46-50(40)43-21-13-29-56-55(43)57-46/h3-32H,1-2H3,(H,56,57). The average molecular weight is 864 g/mol. The molecule has 11 rings (SSSR count). The number of rotatable bonds is 9. The van der Waals surface area contributed by atoms with E-state index in [0.717, 1.165) is 82.2 Å². The molecule has 0 spiro atoms. The van der Waals surface area contributed by atoms with E-state index >= 15 is 0 Å². The van der Waals surface area contributed by atoms with Gasteiger partial charge in [-0.25, -0.2) is 15.0 Å². The van der Waals surface area contributed by atoms with Crippen molar-refractivity contribution in [2.75, 3.05) is 12.5 Å². The fraction of sp³-hybridized carbons (Fsp3) is 0.0364. The van der Waals surface area contributed by atoms with Gasteiger partial charge in [0.2, 0.25) is 0 Å². The number of aromatic nitrogens is 4. The molecule has 0 amide bonds. The summed E-state index contributed by atoms with van der Waals surface area (Å²) in [6.45, 7) is 0. The molecule has 7 nitrogen and oxygen atoms in total. The Hall–Kier alpha value is -7.59. The smallest absolute Gasteiger partial charge is 0.277 e. The maximum absolute atomic E-state index is 12.5. The third-order valence-electron chi connectivity index (χ3n) is 12.0. The van der Waals surface area contributed by atoms with Crippen molar-refractivity contribution in [2.24, 2.45) is 0 Å². The Bertz CT molecular complexity index is 3640. The Labute approximate surface area is 377 Å². The summed E-state index contributed by atoms with van der Waals surface area (Å²) in [6, 6.07) is 59.4. The average Bonchev–Trinajstić information content (AvgIpc) is 3.74.